The fourth-order valence-corrected chi connectivity index (χ4v) is 1.47. The predicted octanol–water partition coefficient (Wildman–Crippen LogP) is 3.13. The number of aliphatic hydroxyl groups is 1. The van der Waals surface area contributed by atoms with Crippen molar-refractivity contribution in [3.05, 3.63) is 35.1 Å². The molecule has 1 aromatic rings. The van der Waals surface area contributed by atoms with Crippen LogP contribution >= 0.6 is 12.4 Å². The Bertz CT molecular complexity index is 416. The van der Waals surface area contributed by atoms with Crippen LogP contribution in [0.3, 0.4) is 0 Å². The molecule has 6 heteroatoms. The quantitative estimate of drug-likeness (QED) is 0.895. The van der Waals surface area contributed by atoms with Crippen LogP contribution in [0.15, 0.2) is 18.2 Å². The number of hydrogen-bond acceptors (Lipinski definition) is 2. The Morgan fingerprint density at radius 1 is 1.28 bits per heavy atom. The number of hydrogen-bond donors (Lipinski definition) is 2. The van der Waals surface area contributed by atoms with Crippen LogP contribution in [0.2, 0.25) is 0 Å². The number of rotatable bonds is 3. The van der Waals surface area contributed by atoms with Crippen LogP contribution in [-0.4, -0.2) is 10.7 Å². The van der Waals surface area contributed by atoms with E-state index in [1.165, 1.54) is 19.1 Å². The first-order valence-electron chi connectivity index (χ1n) is 5.23. The van der Waals surface area contributed by atoms with E-state index in [0.29, 0.717) is 0 Å². The summed E-state index contributed by atoms with van der Waals surface area (Å²) in [5.74, 6) is -4.74. The molecule has 104 valence electrons. The molecule has 0 unspecified atom stereocenters. The fourth-order valence-electron chi connectivity index (χ4n) is 1.47. The molecule has 0 amide bonds. The summed E-state index contributed by atoms with van der Waals surface area (Å²) in [4.78, 5) is 0. The molecule has 0 fully saturated rings. The average molecular weight is 284 g/mol. The summed E-state index contributed by atoms with van der Waals surface area (Å²) in [5.41, 5.74) is 2.32. The highest BCUT2D eigenvalue weighted by molar-refractivity contribution is 5.85. The van der Waals surface area contributed by atoms with Gasteiger partial charge in [-0.1, -0.05) is 12.1 Å². The highest BCUT2D eigenvalue weighted by atomic mass is 35.5. The van der Waals surface area contributed by atoms with Crippen molar-refractivity contribution in [1.29, 1.82) is 0 Å². The molecular weight excluding hydrogens is 267 g/mol. The van der Waals surface area contributed by atoms with Gasteiger partial charge in [0, 0.05) is 11.6 Å². The molecule has 0 bridgehead atoms. The Morgan fingerprint density at radius 2 is 1.78 bits per heavy atom. The second-order valence-electron chi connectivity index (χ2n) is 4.63. The van der Waals surface area contributed by atoms with Crippen LogP contribution in [0, 0.1) is 5.82 Å². The van der Waals surface area contributed by atoms with Crippen LogP contribution in [0.25, 0.3) is 0 Å². The first-order valence-corrected chi connectivity index (χ1v) is 5.23. The Labute approximate surface area is 110 Å². The molecule has 0 saturated heterocycles. The van der Waals surface area contributed by atoms with Crippen LogP contribution in [0.4, 0.5) is 13.2 Å². The van der Waals surface area contributed by atoms with Crippen molar-refractivity contribution >= 4 is 12.4 Å². The lowest BCUT2D eigenvalue weighted by atomic mass is 9.91. The van der Waals surface area contributed by atoms with Crippen LogP contribution in [0.1, 0.15) is 37.9 Å². The van der Waals surface area contributed by atoms with Gasteiger partial charge in [0.2, 0.25) is 0 Å². The van der Waals surface area contributed by atoms with Crippen molar-refractivity contribution in [3.8, 4) is 0 Å². The predicted molar refractivity (Wildman–Crippen MR) is 66.4 cm³/mol. The molecule has 0 heterocycles. The van der Waals surface area contributed by atoms with Crippen molar-refractivity contribution in [3.63, 3.8) is 0 Å². The van der Waals surface area contributed by atoms with Crippen LogP contribution in [0.5, 0.6) is 0 Å². The molecule has 1 rings (SSSR count). The average Bonchev–Trinajstić information content (AvgIpc) is 2.15. The van der Waals surface area contributed by atoms with E-state index in [0.717, 1.165) is 19.9 Å². The van der Waals surface area contributed by atoms with E-state index in [2.05, 4.69) is 0 Å². The van der Waals surface area contributed by atoms with Gasteiger partial charge >= 0.3 is 5.92 Å². The lowest BCUT2D eigenvalue weighted by Gasteiger charge is -2.30. The van der Waals surface area contributed by atoms with Crippen LogP contribution in [-0.2, 0) is 5.92 Å². The Kier molecular flexibility index (Phi) is 5.23. The van der Waals surface area contributed by atoms with Crippen molar-refractivity contribution in [1.82, 2.24) is 0 Å². The van der Waals surface area contributed by atoms with Crippen molar-refractivity contribution < 1.29 is 18.3 Å². The molecule has 1 atom stereocenters. The summed E-state index contributed by atoms with van der Waals surface area (Å²) in [6.45, 7) is 3.38. The minimum Gasteiger partial charge on any atom is -0.384 e. The zero-order chi connectivity index (χ0) is 13.4. The summed E-state index contributed by atoms with van der Waals surface area (Å²) in [5, 5.41) is 9.40. The third-order valence-electron chi connectivity index (χ3n) is 2.63. The van der Waals surface area contributed by atoms with Crippen molar-refractivity contribution in [2.75, 3.05) is 0 Å². The highest BCUT2D eigenvalue weighted by Crippen LogP contribution is 2.40. The normalized spacial score (nSPS) is 14.0. The van der Waals surface area contributed by atoms with E-state index in [1.54, 1.807) is 0 Å². The fraction of sp³-hybridized carbons (Fsp3) is 0.500. The number of nitrogens with two attached hydrogens (primary N) is 1. The van der Waals surface area contributed by atoms with Gasteiger partial charge in [-0.2, -0.15) is 8.78 Å². The lowest BCUT2D eigenvalue weighted by molar-refractivity contribution is -0.170. The largest absolute Gasteiger partial charge is 0.384 e. The smallest absolute Gasteiger partial charge is 0.303 e. The molecule has 0 aromatic heterocycles. The van der Waals surface area contributed by atoms with Gasteiger partial charge in [-0.05, 0) is 26.8 Å². The number of alkyl halides is 2. The van der Waals surface area contributed by atoms with Crippen molar-refractivity contribution in [2.24, 2.45) is 5.73 Å². The van der Waals surface area contributed by atoms with Gasteiger partial charge in [0.15, 0.2) is 0 Å². The van der Waals surface area contributed by atoms with E-state index >= 15 is 0 Å². The molecule has 18 heavy (non-hydrogen) atoms. The Morgan fingerprint density at radius 3 is 2.17 bits per heavy atom. The molecule has 0 aliphatic carbocycles. The molecule has 0 aliphatic heterocycles. The molecular formula is C12H17ClF3NO. The van der Waals surface area contributed by atoms with Gasteiger partial charge < -0.3 is 10.8 Å². The van der Waals surface area contributed by atoms with Crippen LogP contribution < -0.4 is 5.73 Å². The SMILES string of the molecule is C[C@H](N)c1cccc(C(F)(F)C(C)(C)O)c1F.Cl. The zero-order valence-electron chi connectivity index (χ0n) is 10.4. The Balaban J connectivity index is 0.00000289. The molecule has 0 aliphatic rings. The Hall–Kier alpha value is -0.780. The second-order valence-corrected chi connectivity index (χ2v) is 4.63. The summed E-state index contributed by atoms with van der Waals surface area (Å²) in [6.07, 6.45) is 0. The lowest BCUT2D eigenvalue weighted by Crippen LogP contribution is -2.41. The maximum absolute atomic E-state index is 13.9. The topological polar surface area (TPSA) is 46.2 Å². The molecule has 1 aromatic carbocycles. The van der Waals surface area contributed by atoms with Gasteiger partial charge in [-0.3, -0.25) is 0 Å². The van der Waals surface area contributed by atoms with Gasteiger partial charge in [-0.15, -0.1) is 12.4 Å². The van der Waals surface area contributed by atoms with Gasteiger partial charge in [0.25, 0.3) is 0 Å². The van der Waals surface area contributed by atoms with E-state index in [-0.39, 0.29) is 18.0 Å². The third kappa shape index (κ3) is 2.96. The van der Waals surface area contributed by atoms with Gasteiger partial charge in [0.05, 0.1) is 5.56 Å². The van der Waals surface area contributed by atoms with E-state index < -0.39 is 28.9 Å². The minimum absolute atomic E-state index is 0. The monoisotopic (exact) mass is 283 g/mol. The highest BCUT2D eigenvalue weighted by Gasteiger charge is 2.49. The third-order valence-corrected chi connectivity index (χ3v) is 2.63. The summed E-state index contributed by atoms with van der Waals surface area (Å²) >= 11 is 0. The molecule has 0 saturated carbocycles. The minimum atomic E-state index is -3.68. The van der Waals surface area contributed by atoms with E-state index in [1.807, 2.05) is 0 Å². The zero-order valence-corrected chi connectivity index (χ0v) is 11.2. The second kappa shape index (κ2) is 5.47. The summed E-state index contributed by atoms with van der Waals surface area (Å²) in [7, 11) is 0. The number of benzene rings is 1. The van der Waals surface area contributed by atoms with Gasteiger partial charge in [-0.25, -0.2) is 4.39 Å². The maximum Gasteiger partial charge on any atom is 0.303 e. The molecule has 0 radical (unpaired) electrons. The molecule has 3 N–H and O–H groups in total. The molecule has 2 nitrogen and oxygen atoms in total. The van der Waals surface area contributed by atoms with Crippen molar-refractivity contribution in [2.45, 2.75) is 38.3 Å². The first-order chi connectivity index (χ1) is 7.59. The summed E-state index contributed by atoms with van der Waals surface area (Å²) < 4.78 is 41.6. The van der Waals surface area contributed by atoms with E-state index in [9.17, 15) is 18.3 Å². The standard InChI is InChI=1S/C12H16F3NO.ClH/c1-7(16)8-5-4-6-9(10(8)13)12(14,15)11(2,3)17;/h4-7,17H,16H2,1-3H3;1H/t7-;/m0./s1. The maximum atomic E-state index is 13.9. The van der Waals surface area contributed by atoms with E-state index in [4.69, 9.17) is 5.73 Å². The summed E-state index contributed by atoms with van der Waals surface area (Å²) in [6, 6.07) is 2.92. The van der Waals surface area contributed by atoms with Gasteiger partial charge in [0.1, 0.15) is 11.4 Å². The number of halogens is 4. The first kappa shape index (κ1) is 17.2. The molecule has 0 spiro atoms.